The molecule has 94 valence electrons. The molecule has 0 bridgehead atoms. The predicted octanol–water partition coefficient (Wildman–Crippen LogP) is 2.68. The van der Waals surface area contributed by atoms with Crippen LogP contribution in [0.15, 0.2) is 42.1 Å². The minimum absolute atomic E-state index is 0.347. The van der Waals surface area contributed by atoms with Crippen LogP contribution in [0.25, 0.3) is 10.9 Å². The highest BCUT2D eigenvalue weighted by Crippen LogP contribution is 2.26. The zero-order chi connectivity index (χ0) is 13.1. The molecule has 0 aliphatic rings. The van der Waals surface area contributed by atoms with Crippen LogP contribution in [0.1, 0.15) is 6.92 Å². The molecule has 4 heteroatoms. The lowest BCUT2D eigenvalue weighted by atomic mass is 10.2. The number of carboxylic acids is 1. The van der Waals surface area contributed by atoms with Crippen LogP contribution in [0.2, 0.25) is 0 Å². The van der Waals surface area contributed by atoms with Gasteiger partial charge in [-0.15, -0.1) is 0 Å². The maximum atomic E-state index is 10.7. The average Bonchev–Trinajstić information content (AvgIpc) is 2.78. The van der Waals surface area contributed by atoms with E-state index in [0.29, 0.717) is 12.1 Å². The maximum absolute atomic E-state index is 10.7. The summed E-state index contributed by atoms with van der Waals surface area (Å²) in [6.45, 7) is 2.13. The number of fused-ring (bicyclic) bond motifs is 1. The summed E-state index contributed by atoms with van der Waals surface area (Å²) in [5, 5.41) is 9.84. The Labute approximate surface area is 105 Å². The lowest BCUT2D eigenvalue weighted by Crippen LogP contribution is -1.99. The Morgan fingerprint density at radius 1 is 1.44 bits per heavy atom. The first-order chi connectivity index (χ1) is 8.63. The second-order valence-corrected chi connectivity index (χ2v) is 4.05. The summed E-state index contributed by atoms with van der Waals surface area (Å²) in [5.74, 6) is -0.0609. The SMILES string of the molecule is COc1cccc2c1ccn2C/C=C(/C)C(=O)O. The minimum atomic E-state index is -0.885. The van der Waals surface area contributed by atoms with E-state index >= 15 is 0 Å². The van der Waals surface area contributed by atoms with Gasteiger partial charge in [0.05, 0.1) is 12.6 Å². The summed E-state index contributed by atoms with van der Waals surface area (Å²) in [7, 11) is 1.64. The van der Waals surface area contributed by atoms with Crippen molar-refractivity contribution in [1.82, 2.24) is 4.57 Å². The fourth-order valence-corrected chi connectivity index (χ4v) is 1.86. The molecule has 1 aromatic carbocycles. The lowest BCUT2D eigenvalue weighted by molar-refractivity contribution is -0.132. The van der Waals surface area contributed by atoms with Crippen LogP contribution in [-0.2, 0) is 11.3 Å². The molecule has 0 fully saturated rings. The van der Waals surface area contributed by atoms with Gasteiger partial charge in [0.25, 0.3) is 0 Å². The molecule has 4 nitrogen and oxygen atoms in total. The third-order valence-corrected chi connectivity index (χ3v) is 2.93. The molecule has 2 aromatic rings. The summed E-state index contributed by atoms with van der Waals surface area (Å²) in [6.07, 6.45) is 3.63. The number of carbonyl (C=O) groups is 1. The molecule has 0 saturated heterocycles. The van der Waals surface area contributed by atoms with Crippen molar-refractivity contribution in [2.24, 2.45) is 0 Å². The van der Waals surface area contributed by atoms with Gasteiger partial charge in [-0.25, -0.2) is 4.79 Å². The van der Waals surface area contributed by atoms with Crippen LogP contribution in [0, 0.1) is 0 Å². The molecule has 1 aromatic heterocycles. The maximum Gasteiger partial charge on any atom is 0.331 e. The fourth-order valence-electron chi connectivity index (χ4n) is 1.86. The van der Waals surface area contributed by atoms with Gasteiger partial charge in [0.1, 0.15) is 5.75 Å². The molecule has 0 aliphatic carbocycles. The smallest absolute Gasteiger partial charge is 0.331 e. The Hall–Kier alpha value is -2.23. The van der Waals surface area contributed by atoms with Gasteiger partial charge in [0.15, 0.2) is 0 Å². The van der Waals surface area contributed by atoms with E-state index in [1.165, 1.54) is 0 Å². The third-order valence-electron chi connectivity index (χ3n) is 2.93. The molecule has 0 radical (unpaired) electrons. The van der Waals surface area contributed by atoms with E-state index in [9.17, 15) is 4.79 Å². The lowest BCUT2D eigenvalue weighted by Gasteiger charge is -2.04. The number of allylic oxidation sites excluding steroid dienone is 1. The Bertz CT molecular complexity index is 611. The second kappa shape index (κ2) is 4.96. The second-order valence-electron chi connectivity index (χ2n) is 4.05. The molecule has 0 spiro atoms. The standard InChI is InChI=1S/C14H15NO3/c1-10(14(16)17)6-8-15-9-7-11-12(15)4-3-5-13(11)18-2/h3-7,9H,8H2,1-2H3,(H,16,17)/b10-6-. The van der Waals surface area contributed by atoms with Crippen LogP contribution in [-0.4, -0.2) is 22.8 Å². The number of hydrogen-bond acceptors (Lipinski definition) is 2. The highest BCUT2D eigenvalue weighted by molar-refractivity contribution is 5.87. The molecular formula is C14H15NO3. The first-order valence-corrected chi connectivity index (χ1v) is 5.65. The van der Waals surface area contributed by atoms with Crippen molar-refractivity contribution in [2.45, 2.75) is 13.5 Å². The minimum Gasteiger partial charge on any atom is -0.496 e. The van der Waals surface area contributed by atoms with Crippen molar-refractivity contribution in [1.29, 1.82) is 0 Å². The van der Waals surface area contributed by atoms with Crippen LogP contribution in [0.4, 0.5) is 0 Å². The van der Waals surface area contributed by atoms with Crippen molar-refractivity contribution in [2.75, 3.05) is 7.11 Å². The molecule has 1 heterocycles. The van der Waals surface area contributed by atoms with Gasteiger partial charge >= 0.3 is 5.97 Å². The normalized spacial score (nSPS) is 11.8. The molecule has 0 atom stereocenters. The van der Waals surface area contributed by atoms with Gasteiger partial charge in [0.2, 0.25) is 0 Å². The van der Waals surface area contributed by atoms with Gasteiger partial charge in [-0.1, -0.05) is 12.1 Å². The van der Waals surface area contributed by atoms with Gasteiger partial charge in [-0.2, -0.15) is 0 Å². The Balaban J connectivity index is 2.36. The number of methoxy groups -OCH3 is 1. The first kappa shape index (κ1) is 12.2. The number of hydrogen-bond donors (Lipinski definition) is 1. The summed E-state index contributed by atoms with van der Waals surface area (Å²) < 4.78 is 7.27. The summed E-state index contributed by atoms with van der Waals surface area (Å²) >= 11 is 0. The number of rotatable bonds is 4. The van der Waals surface area contributed by atoms with E-state index in [2.05, 4.69) is 0 Å². The van der Waals surface area contributed by atoms with Gasteiger partial charge in [-0.05, 0) is 25.1 Å². The highest BCUT2D eigenvalue weighted by Gasteiger charge is 2.05. The molecule has 0 saturated carbocycles. The molecule has 0 amide bonds. The summed E-state index contributed by atoms with van der Waals surface area (Å²) in [6, 6.07) is 7.79. The van der Waals surface area contributed by atoms with Crippen LogP contribution >= 0.6 is 0 Å². The largest absolute Gasteiger partial charge is 0.496 e. The van der Waals surface area contributed by atoms with E-state index in [1.54, 1.807) is 20.1 Å². The molecular weight excluding hydrogens is 230 g/mol. The summed E-state index contributed by atoms with van der Waals surface area (Å²) in [5.41, 5.74) is 1.38. The third kappa shape index (κ3) is 2.22. The van der Waals surface area contributed by atoms with Crippen LogP contribution in [0.3, 0.4) is 0 Å². The molecule has 2 rings (SSSR count). The first-order valence-electron chi connectivity index (χ1n) is 5.65. The van der Waals surface area contributed by atoms with Gasteiger partial charge in [-0.3, -0.25) is 0 Å². The quantitative estimate of drug-likeness (QED) is 0.842. The predicted molar refractivity (Wildman–Crippen MR) is 69.9 cm³/mol. The monoisotopic (exact) mass is 245 g/mol. The number of aliphatic carboxylic acids is 1. The van der Waals surface area contributed by atoms with Crippen molar-refractivity contribution >= 4 is 16.9 Å². The van der Waals surface area contributed by atoms with Crippen molar-refractivity contribution in [3.8, 4) is 5.75 Å². The summed E-state index contributed by atoms with van der Waals surface area (Å²) in [4.78, 5) is 10.7. The van der Waals surface area contributed by atoms with Crippen LogP contribution in [0.5, 0.6) is 5.75 Å². The number of ether oxygens (including phenoxy) is 1. The number of carboxylic acid groups (broad SMARTS) is 1. The average molecular weight is 245 g/mol. The van der Waals surface area contributed by atoms with E-state index in [-0.39, 0.29) is 0 Å². The van der Waals surface area contributed by atoms with Gasteiger partial charge in [0, 0.05) is 23.7 Å². The molecule has 0 aliphatic heterocycles. The van der Waals surface area contributed by atoms with Crippen molar-refractivity contribution in [3.05, 3.63) is 42.1 Å². The van der Waals surface area contributed by atoms with E-state index in [1.807, 2.05) is 35.0 Å². The highest BCUT2D eigenvalue weighted by atomic mass is 16.5. The Morgan fingerprint density at radius 3 is 2.89 bits per heavy atom. The molecule has 0 unspecified atom stereocenters. The molecule has 18 heavy (non-hydrogen) atoms. The van der Waals surface area contributed by atoms with Gasteiger partial charge < -0.3 is 14.4 Å². The number of aromatic nitrogens is 1. The van der Waals surface area contributed by atoms with Crippen molar-refractivity contribution < 1.29 is 14.6 Å². The fraction of sp³-hybridized carbons (Fsp3) is 0.214. The number of benzene rings is 1. The Morgan fingerprint density at radius 2 is 2.22 bits per heavy atom. The Kier molecular flexibility index (Phi) is 3.37. The number of nitrogens with zero attached hydrogens (tertiary/aromatic N) is 1. The molecule has 1 N–H and O–H groups in total. The van der Waals surface area contributed by atoms with Crippen LogP contribution < -0.4 is 4.74 Å². The zero-order valence-electron chi connectivity index (χ0n) is 10.4. The van der Waals surface area contributed by atoms with E-state index in [4.69, 9.17) is 9.84 Å². The van der Waals surface area contributed by atoms with E-state index in [0.717, 1.165) is 16.7 Å². The van der Waals surface area contributed by atoms with E-state index < -0.39 is 5.97 Å². The topological polar surface area (TPSA) is 51.5 Å². The zero-order valence-corrected chi connectivity index (χ0v) is 10.4. The van der Waals surface area contributed by atoms with Crippen molar-refractivity contribution in [3.63, 3.8) is 0 Å².